The molecule has 11 heavy (non-hydrogen) atoms. The van der Waals surface area contributed by atoms with Gasteiger partial charge in [-0.2, -0.15) is 0 Å². The Kier molecular flexibility index (Phi) is 2.73. The second-order valence-corrected chi connectivity index (χ2v) is 2.68. The van der Waals surface area contributed by atoms with Crippen LogP contribution in [-0.4, -0.2) is 4.55 Å². The van der Waals surface area contributed by atoms with Gasteiger partial charge in [0.15, 0.2) is 0 Å². The van der Waals surface area contributed by atoms with E-state index >= 15 is 0 Å². The fourth-order valence-corrected chi connectivity index (χ4v) is 1.09. The third-order valence-corrected chi connectivity index (χ3v) is 1.75. The van der Waals surface area contributed by atoms with E-state index in [-0.39, 0.29) is 5.69 Å². The van der Waals surface area contributed by atoms with Crippen LogP contribution in [0, 0.1) is 5.82 Å². The standard InChI is InChI=1S/C7H8FNOS/c8-6-2-1-5(4-11-10)3-7(6)9/h1-3,10H,4,9H2. The van der Waals surface area contributed by atoms with E-state index in [0.717, 1.165) is 5.56 Å². The van der Waals surface area contributed by atoms with Gasteiger partial charge in [0.1, 0.15) is 5.82 Å². The number of hydrogen-bond acceptors (Lipinski definition) is 3. The molecule has 0 saturated carbocycles. The molecule has 0 bridgehead atoms. The van der Waals surface area contributed by atoms with Gasteiger partial charge in [0.2, 0.25) is 0 Å². The number of nitrogen functional groups attached to an aromatic ring is 1. The average molecular weight is 173 g/mol. The summed E-state index contributed by atoms with van der Waals surface area (Å²) in [5, 5.41) is 0. The molecule has 4 heteroatoms. The predicted molar refractivity (Wildman–Crippen MR) is 44.7 cm³/mol. The molecule has 0 radical (unpaired) electrons. The summed E-state index contributed by atoms with van der Waals surface area (Å²) in [4.78, 5) is 0. The van der Waals surface area contributed by atoms with Crippen LogP contribution in [0.5, 0.6) is 0 Å². The highest BCUT2D eigenvalue weighted by Crippen LogP contribution is 2.15. The number of hydrogen-bond donors (Lipinski definition) is 2. The van der Waals surface area contributed by atoms with Crippen molar-refractivity contribution < 1.29 is 8.94 Å². The largest absolute Gasteiger partial charge is 0.396 e. The Morgan fingerprint density at radius 2 is 2.27 bits per heavy atom. The van der Waals surface area contributed by atoms with Crippen molar-refractivity contribution in [2.45, 2.75) is 5.75 Å². The molecule has 0 aliphatic carbocycles. The lowest BCUT2D eigenvalue weighted by molar-refractivity contribution is 0.631. The van der Waals surface area contributed by atoms with Crippen molar-refractivity contribution in [2.24, 2.45) is 0 Å². The van der Waals surface area contributed by atoms with E-state index in [1.807, 2.05) is 0 Å². The second-order valence-electron chi connectivity index (χ2n) is 2.13. The van der Waals surface area contributed by atoms with Gasteiger partial charge in [-0.15, -0.1) is 0 Å². The second kappa shape index (κ2) is 3.59. The number of anilines is 1. The van der Waals surface area contributed by atoms with Crippen molar-refractivity contribution in [2.75, 3.05) is 5.73 Å². The lowest BCUT2D eigenvalue weighted by atomic mass is 10.2. The molecular weight excluding hydrogens is 165 g/mol. The van der Waals surface area contributed by atoms with Crippen LogP contribution in [0.2, 0.25) is 0 Å². The molecule has 1 aromatic rings. The van der Waals surface area contributed by atoms with E-state index in [1.54, 1.807) is 6.07 Å². The Morgan fingerprint density at radius 1 is 1.55 bits per heavy atom. The summed E-state index contributed by atoms with van der Waals surface area (Å²) in [6, 6.07) is 4.40. The molecule has 0 spiro atoms. The van der Waals surface area contributed by atoms with Crippen LogP contribution in [0.25, 0.3) is 0 Å². The molecule has 0 heterocycles. The lowest BCUT2D eigenvalue weighted by Crippen LogP contribution is -1.91. The molecule has 0 amide bonds. The van der Waals surface area contributed by atoms with Gasteiger partial charge in [-0.05, 0) is 29.7 Å². The molecule has 0 aliphatic rings. The van der Waals surface area contributed by atoms with E-state index in [0.29, 0.717) is 17.8 Å². The highest BCUT2D eigenvalue weighted by atomic mass is 32.2. The zero-order chi connectivity index (χ0) is 8.27. The van der Waals surface area contributed by atoms with Gasteiger partial charge in [-0.3, -0.25) is 0 Å². The van der Waals surface area contributed by atoms with Gasteiger partial charge in [-0.25, -0.2) is 4.39 Å². The molecule has 0 aromatic heterocycles. The molecule has 1 aromatic carbocycles. The van der Waals surface area contributed by atoms with Crippen molar-refractivity contribution in [1.82, 2.24) is 0 Å². The highest BCUT2D eigenvalue weighted by molar-refractivity contribution is 7.92. The van der Waals surface area contributed by atoms with Crippen LogP contribution in [0.4, 0.5) is 10.1 Å². The van der Waals surface area contributed by atoms with E-state index in [2.05, 4.69) is 0 Å². The minimum Gasteiger partial charge on any atom is -0.396 e. The van der Waals surface area contributed by atoms with Gasteiger partial charge in [-0.1, -0.05) is 6.07 Å². The quantitative estimate of drug-likeness (QED) is 0.532. The first kappa shape index (κ1) is 8.36. The number of rotatable bonds is 2. The molecule has 2 nitrogen and oxygen atoms in total. The smallest absolute Gasteiger partial charge is 0.146 e. The van der Waals surface area contributed by atoms with Gasteiger partial charge in [0, 0.05) is 5.75 Å². The van der Waals surface area contributed by atoms with Gasteiger partial charge in [0.25, 0.3) is 0 Å². The van der Waals surface area contributed by atoms with E-state index in [4.69, 9.17) is 10.3 Å². The average Bonchev–Trinajstić information content (AvgIpc) is 1.98. The molecule has 0 atom stereocenters. The molecule has 0 saturated heterocycles. The molecule has 0 aliphatic heterocycles. The van der Waals surface area contributed by atoms with Crippen molar-refractivity contribution in [1.29, 1.82) is 0 Å². The van der Waals surface area contributed by atoms with Crippen LogP contribution in [0.15, 0.2) is 18.2 Å². The Labute approximate surface area is 68.4 Å². The topological polar surface area (TPSA) is 46.2 Å². The third kappa shape index (κ3) is 2.10. The molecule has 60 valence electrons. The highest BCUT2D eigenvalue weighted by Gasteiger charge is 1.98. The van der Waals surface area contributed by atoms with Crippen molar-refractivity contribution >= 4 is 17.7 Å². The van der Waals surface area contributed by atoms with Crippen LogP contribution in [0.3, 0.4) is 0 Å². The van der Waals surface area contributed by atoms with Crippen molar-refractivity contribution in [3.8, 4) is 0 Å². The van der Waals surface area contributed by atoms with Crippen molar-refractivity contribution in [3.63, 3.8) is 0 Å². The number of halogens is 1. The Morgan fingerprint density at radius 3 is 2.82 bits per heavy atom. The van der Waals surface area contributed by atoms with Gasteiger partial charge >= 0.3 is 0 Å². The Bertz CT molecular complexity index is 254. The summed E-state index contributed by atoms with van der Waals surface area (Å²) in [5.74, 6) is 0.0153. The maximum atomic E-state index is 12.5. The summed E-state index contributed by atoms with van der Waals surface area (Å²) < 4.78 is 21.0. The minimum absolute atomic E-state index is 0.122. The fraction of sp³-hybridized carbons (Fsp3) is 0.143. The molecule has 0 unspecified atom stereocenters. The molecule has 1 rings (SSSR count). The summed E-state index contributed by atoms with van der Waals surface area (Å²) in [5.41, 5.74) is 6.22. The Balaban J connectivity index is 2.86. The third-order valence-electron chi connectivity index (χ3n) is 1.29. The Hall–Kier alpha value is -0.740. The van der Waals surface area contributed by atoms with Crippen molar-refractivity contribution in [3.05, 3.63) is 29.6 Å². The van der Waals surface area contributed by atoms with Crippen LogP contribution in [-0.2, 0) is 5.75 Å². The normalized spacial score (nSPS) is 10.0. The maximum absolute atomic E-state index is 12.5. The van der Waals surface area contributed by atoms with Crippen LogP contribution >= 0.6 is 12.0 Å². The maximum Gasteiger partial charge on any atom is 0.146 e. The summed E-state index contributed by atoms with van der Waals surface area (Å²) in [6.45, 7) is 0. The zero-order valence-electron chi connectivity index (χ0n) is 5.75. The molecular formula is C7H8FNOS. The predicted octanol–water partition coefficient (Wildman–Crippen LogP) is 2.11. The summed E-state index contributed by atoms with van der Waals surface area (Å²) in [7, 11) is 0. The number of nitrogens with two attached hydrogens (primary N) is 1. The van der Waals surface area contributed by atoms with Crippen LogP contribution in [0.1, 0.15) is 5.56 Å². The van der Waals surface area contributed by atoms with Gasteiger partial charge in [0.05, 0.1) is 5.69 Å². The fourth-order valence-electron chi connectivity index (χ4n) is 0.758. The molecule has 0 fully saturated rings. The monoisotopic (exact) mass is 173 g/mol. The zero-order valence-corrected chi connectivity index (χ0v) is 6.57. The SMILES string of the molecule is Nc1cc(CSO)ccc1F. The van der Waals surface area contributed by atoms with E-state index in [9.17, 15) is 4.39 Å². The van der Waals surface area contributed by atoms with E-state index in [1.165, 1.54) is 12.1 Å². The number of benzene rings is 1. The summed E-state index contributed by atoms with van der Waals surface area (Å²) in [6.07, 6.45) is 0. The summed E-state index contributed by atoms with van der Waals surface area (Å²) >= 11 is 0.691. The first-order valence-corrected chi connectivity index (χ1v) is 3.98. The van der Waals surface area contributed by atoms with Crippen LogP contribution < -0.4 is 5.73 Å². The lowest BCUT2D eigenvalue weighted by Gasteiger charge is -1.99. The first-order valence-electron chi connectivity index (χ1n) is 3.04. The first-order chi connectivity index (χ1) is 5.24. The van der Waals surface area contributed by atoms with Gasteiger partial charge < -0.3 is 10.3 Å². The minimum atomic E-state index is -0.420. The molecule has 3 N–H and O–H groups in total. The van der Waals surface area contributed by atoms with E-state index < -0.39 is 5.82 Å².